The van der Waals surface area contributed by atoms with Crippen LogP contribution in [0.15, 0.2) is 0 Å². The van der Waals surface area contributed by atoms with E-state index in [1.54, 1.807) is 11.3 Å². The highest BCUT2D eigenvalue weighted by Crippen LogP contribution is 2.39. The number of thiazole rings is 1. The summed E-state index contributed by atoms with van der Waals surface area (Å²) in [5.41, 5.74) is 1.19. The standard InChI is InChI=1S/C13H19N4S/c1-2-5-17-6-3-4-9-7-10-12(8-11(9)17)18-13(15-10)16-14/h9,11H,2-8H2,1H3/q+1. The predicted octanol–water partition coefficient (Wildman–Crippen LogP) is 3.22. The van der Waals surface area contributed by atoms with Gasteiger partial charge < -0.3 is 0 Å². The SMILES string of the molecule is CCCN1CCCC2Cc3nc([N+]#N)sc3CC21. The maximum atomic E-state index is 8.84. The van der Waals surface area contributed by atoms with E-state index in [0.29, 0.717) is 11.2 Å². The zero-order valence-electron chi connectivity index (χ0n) is 10.8. The summed E-state index contributed by atoms with van der Waals surface area (Å²) in [6, 6.07) is 0.693. The first-order chi connectivity index (χ1) is 8.81. The minimum atomic E-state index is 0.528. The van der Waals surface area contributed by atoms with E-state index in [-0.39, 0.29) is 0 Å². The van der Waals surface area contributed by atoms with Gasteiger partial charge in [0.2, 0.25) is 0 Å². The monoisotopic (exact) mass is 263 g/mol. The largest absolute Gasteiger partial charge is 0.523 e. The third-order valence-corrected chi connectivity index (χ3v) is 5.25. The topological polar surface area (TPSA) is 44.3 Å². The molecule has 18 heavy (non-hydrogen) atoms. The van der Waals surface area contributed by atoms with Gasteiger partial charge in [0.25, 0.3) is 0 Å². The molecule has 4 nitrogen and oxygen atoms in total. The molecule has 5 heteroatoms. The summed E-state index contributed by atoms with van der Waals surface area (Å²) < 4.78 is 0. The summed E-state index contributed by atoms with van der Waals surface area (Å²) in [5.74, 6) is 0.756. The summed E-state index contributed by atoms with van der Waals surface area (Å²) >= 11 is 1.56. The van der Waals surface area contributed by atoms with Crippen LogP contribution in [0, 0.1) is 11.3 Å². The molecule has 0 saturated carbocycles. The fourth-order valence-electron chi connectivity index (χ4n) is 3.48. The molecule has 1 aliphatic carbocycles. The molecule has 0 N–H and O–H groups in total. The Kier molecular flexibility index (Phi) is 3.31. The zero-order chi connectivity index (χ0) is 12.5. The first kappa shape index (κ1) is 12.1. The lowest BCUT2D eigenvalue weighted by Gasteiger charge is -2.42. The molecule has 96 valence electrons. The Labute approximate surface area is 112 Å². The van der Waals surface area contributed by atoms with Gasteiger partial charge in [-0.15, -0.1) is 0 Å². The quantitative estimate of drug-likeness (QED) is 0.770. The van der Waals surface area contributed by atoms with Crippen molar-refractivity contribution in [3.8, 4) is 0 Å². The van der Waals surface area contributed by atoms with Crippen LogP contribution in [0.3, 0.4) is 0 Å². The lowest BCUT2D eigenvalue weighted by molar-refractivity contribution is 0.0857. The maximum Gasteiger partial charge on any atom is 0.523 e. The number of hydrogen-bond donors (Lipinski definition) is 0. The van der Waals surface area contributed by atoms with E-state index in [1.807, 2.05) is 0 Å². The minimum Gasteiger partial charge on any atom is -0.300 e. The van der Waals surface area contributed by atoms with Crippen molar-refractivity contribution in [3.63, 3.8) is 0 Å². The highest BCUT2D eigenvalue weighted by atomic mass is 32.1. The summed E-state index contributed by atoms with van der Waals surface area (Å²) in [5, 5.41) is 9.37. The van der Waals surface area contributed by atoms with Crippen LogP contribution in [0.2, 0.25) is 0 Å². The average molecular weight is 263 g/mol. The second kappa shape index (κ2) is 4.94. The van der Waals surface area contributed by atoms with Gasteiger partial charge >= 0.3 is 5.13 Å². The summed E-state index contributed by atoms with van der Waals surface area (Å²) in [6.45, 7) is 4.72. The van der Waals surface area contributed by atoms with Crippen LogP contribution in [-0.2, 0) is 12.8 Å². The smallest absolute Gasteiger partial charge is 0.300 e. The lowest BCUT2D eigenvalue weighted by atomic mass is 9.79. The zero-order valence-corrected chi connectivity index (χ0v) is 11.6. The van der Waals surface area contributed by atoms with Crippen molar-refractivity contribution in [2.24, 2.45) is 5.92 Å². The molecular weight excluding hydrogens is 244 g/mol. The average Bonchev–Trinajstić information content (AvgIpc) is 2.79. The molecule has 0 bridgehead atoms. The molecule has 2 atom stereocenters. The fraction of sp³-hybridized carbons (Fsp3) is 0.769. The number of hydrogen-bond acceptors (Lipinski definition) is 4. The van der Waals surface area contributed by atoms with Crippen LogP contribution >= 0.6 is 11.3 Å². The molecule has 1 saturated heterocycles. The Hall–Kier alpha value is -0.990. The van der Waals surface area contributed by atoms with Crippen LogP contribution in [0.1, 0.15) is 36.8 Å². The molecule has 1 aromatic rings. The van der Waals surface area contributed by atoms with Crippen LogP contribution in [0.4, 0.5) is 5.13 Å². The van der Waals surface area contributed by atoms with Gasteiger partial charge in [0.05, 0.1) is 10.3 Å². The van der Waals surface area contributed by atoms with E-state index in [2.05, 4.69) is 21.8 Å². The Balaban J connectivity index is 1.84. The number of likely N-dealkylation sites (tertiary alicyclic amines) is 1. The first-order valence-corrected chi connectivity index (χ1v) is 7.71. The van der Waals surface area contributed by atoms with Crippen molar-refractivity contribution < 1.29 is 0 Å². The van der Waals surface area contributed by atoms with E-state index in [4.69, 9.17) is 5.39 Å². The molecular formula is C13H19N4S+. The van der Waals surface area contributed by atoms with E-state index >= 15 is 0 Å². The first-order valence-electron chi connectivity index (χ1n) is 6.89. The highest BCUT2D eigenvalue weighted by molar-refractivity contribution is 7.15. The van der Waals surface area contributed by atoms with E-state index in [0.717, 1.165) is 18.8 Å². The van der Waals surface area contributed by atoms with Gasteiger partial charge in [-0.3, -0.25) is 4.90 Å². The van der Waals surface area contributed by atoms with Gasteiger partial charge in [-0.2, -0.15) is 0 Å². The molecule has 0 aromatic carbocycles. The molecule has 2 heterocycles. The molecule has 1 fully saturated rings. The summed E-state index contributed by atoms with van der Waals surface area (Å²) in [7, 11) is 0. The molecule has 1 aromatic heterocycles. The number of rotatable bonds is 2. The van der Waals surface area contributed by atoms with Gasteiger partial charge in [-0.05, 0) is 54.6 Å². The van der Waals surface area contributed by atoms with Crippen LogP contribution in [0.5, 0.6) is 0 Å². The van der Waals surface area contributed by atoms with Crippen LogP contribution in [0.25, 0.3) is 4.98 Å². The van der Waals surface area contributed by atoms with Crippen molar-refractivity contribution in [2.45, 2.75) is 45.1 Å². The van der Waals surface area contributed by atoms with Crippen molar-refractivity contribution in [1.82, 2.24) is 9.88 Å². The van der Waals surface area contributed by atoms with Crippen molar-refractivity contribution in [3.05, 3.63) is 15.5 Å². The molecule has 3 rings (SSSR count). The van der Waals surface area contributed by atoms with E-state index < -0.39 is 0 Å². The molecule has 0 amide bonds. The van der Waals surface area contributed by atoms with Gasteiger partial charge in [0, 0.05) is 23.9 Å². The van der Waals surface area contributed by atoms with Crippen molar-refractivity contribution in [1.29, 1.82) is 5.39 Å². The van der Waals surface area contributed by atoms with Gasteiger partial charge in [-0.25, -0.2) is 0 Å². The molecule has 0 spiro atoms. The Morgan fingerprint density at radius 1 is 1.50 bits per heavy atom. The van der Waals surface area contributed by atoms with Gasteiger partial charge in [-0.1, -0.05) is 6.92 Å². The van der Waals surface area contributed by atoms with Gasteiger partial charge in [0.1, 0.15) is 0 Å². The maximum absolute atomic E-state index is 8.84. The number of aromatic nitrogens is 1. The van der Waals surface area contributed by atoms with E-state index in [9.17, 15) is 0 Å². The number of diazo groups is 1. The summed E-state index contributed by atoms with van der Waals surface area (Å²) in [4.78, 5) is 11.7. The molecule has 0 radical (unpaired) electrons. The third-order valence-electron chi connectivity index (χ3n) is 4.25. The predicted molar refractivity (Wildman–Crippen MR) is 72.6 cm³/mol. The van der Waals surface area contributed by atoms with Crippen LogP contribution < -0.4 is 0 Å². The number of fused-ring (bicyclic) bond motifs is 2. The Morgan fingerprint density at radius 3 is 3.17 bits per heavy atom. The summed E-state index contributed by atoms with van der Waals surface area (Å²) in [6.07, 6.45) is 6.06. The number of nitrogens with zero attached hydrogens (tertiary/aromatic N) is 4. The lowest BCUT2D eigenvalue weighted by Crippen LogP contribution is -2.49. The fourth-order valence-corrected chi connectivity index (χ4v) is 4.40. The second-order valence-electron chi connectivity index (χ2n) is 5.38. The van der Waals surface area contributed by atoms with Crippen LogP contribution in [-0.4, -0.2) is 29.0 Å². The molecule has 2 unspecified atom stereocenters. The molecule has 2 aliphatic rings. The second-order valence-corrected chi connectivity index (χ2v) is 6.44. The van der Waals surface area contributed by atoms with Crippen molar-refractivity contribution >= 4 is 16.5 Å². The van der Waals surface area contributed by atoms with Crippen molar-refractivity contribution in [2.75, 3.05) is 13.1 Å². The highest BCUT2D eigenvalue weighted by Gasteiger charge is 2.39. The molecule has 1 aliphatic heterocycles. The Morgan fingerprint density at radius 2 is 2.39 bits per heavy atom. The Bertz CT molecular complexity index is 474. The third kappa shape index (κ3) is 2.04. The normalized spacial score (nSPS) is 27.3. The number of piperidine rings is 1. The minimum absolute atomic E-state index is 0.528. The van der Waals surface area contributed by atoms with E-state index in [1.165, 1.54) is 42.9 Å². The van der Waals surface area contributed by atoms with Gasteiger partial charge in [0.15, 0.2) is 5.69 Å².